The number of rotatable bonds is 9. The SMILES string of the molecule is CCCCC(CCC)(CCC)CC(C)C. The van der Waals surface area contributed by atoms with Gasteiger partial charge in [0.1, 0.15) is 0 Å². The Labute approximate surface area is 97.8 Å². The van der Waals surface area contributed by atoms with Gasteiger partial charge in [0.15, 0.2) is 0 Å². The molecule has 0 heteroatoms. The topological polar surface area (TPSA) is 0 Å². The third-order valence-corrected chi connectivity index (χ3v) is 3.46. The lowest BCUT2D eigenvalue weighted by atomic mass is 9.70. The highest BCUT2D eigenvalue weighted by atomic mass is 14.3. The minimum Gasteiger partial charge on any atom is -0.0654 e. The van der Waals surface area contributed by atoms with Crippen LogP contribution in [0.3, 0.4) is 0 Å². The van der Waals surface area contributed by atoms with Crippen molar-refractivity contribution in [2.75, 3.05) is 0 Å². The molecule has 0 spiro atoms. The molecule has 0 unspecified atom stereocenters. The van der Waals surface area contributed by atoms with Crippen LogP contribution in [0.25, 0.3) is 0 Å². The molecule has 0 fully saturated rings. The molecule has 0 nitrogen and oxygen atoms in total. The van der Waals surface area contributed by atoms with Crippen molar-refractivity contribution >= 4 is 0 Å². The zero-order valence-corrected chi connectivity index (χ0v) is 11.7. The average molecular weight is 212 g/mol. The third-order valence-electron chi connectivity index (χ3n) is 3.46. The monoisotopic (exact) mass is 212 g/mol. The van der Waals surface area contributed by atoms with Crippen molar-refractivity contribution in [3.05, 3.63) is 0 Å². The maximum atomic E-state index is 2.38. The van der Waals surface area contributed by atoms with Gasteiger partial charge in [-0.2, -0.15) is 0 Å². The molecule has 0 aliphatic carbocycles. The molecule has 0 amide bonds. The lowest BCUT2D eigenvalue weighted by molar-refractivity contribution is 0.164. The molecular weight excluding hydrogens is 180 g/mol. The molecule has 0 atom stereocenters. The summed E-state index contributed by atoms with van der Waals surface area (Å²) in [6.45, 7) is 11.8. The van der Waals surface area contributed by atoms with Gasteiger partial charge in [0.05, 0.1) is 0 Å². The van der Waals surface area contributed by atoms with E-state index in [2.05, 4.69) is 34.6 Å². The predicted octanol–water partition coefficient (Wildman–Crippen LogP) is 5.81. The van der Waals surface area contributed by atoms with E-state index in [1.807, 2.05) is 0 Å². The highest BCUT2D eigenvalue weighted by Gasteiger charge is 2.28. The van der Waals surface area contributed by atoms with Gasteiger partial charge in [-0.25, -0.2) is 0 Å². The predicted molar refractivity (Wildman–Crippen MR) is 71.2 cm³/mol. The lowest BCUT2D eigenvalue weighted by Crippen LogP contribution is -2.23. The Balaban J connectivity index is 4.40. The Hall–Kier alpha value is 0. The van der Waals surface area contributed by atoms with E-state index in [1.54, 1.807) is 0 Å². The van der Waals surface area contributed by atoms with Gasteiger partial charge >= 0.3 is 0 Å². The van der Waals surface area contributed by atoms with Gasteiger partial charge < -0.3 is 0 Å². The largest absolute Gasteiger partial charge is 0.0654 e. The Morgan fingerprint density at radius 1 is 0.800 bits per heavy atom. The number of hydrogen-bond donors (Lipinski definition) is 0. The Kier molecular flexibility index (Phi) is 8.19. The molecule has 0 saturated heterocycles. The Morgan fingerprint density at radius 2 is 1.33 bits per heavy atom. The second-order valence-electron chi connectivity index (χ2n) is 5.70. The lowest BCUT2D eigenvalue weighted by Gasteiger charge is -2.35. The van der Waals surface area contributed by atoms with Crippen molar-refractivity contribution in [1.29, 1.82) is 0 Å². The van der Waals surface area contributed by atoms with Crippen LogP contribution in [0, 0.1) is 11.3 Å². The first-order valence-corrected chi connectivity index (χ1v) is 7.10. The summed E-state index contributed by atoms with van der Waals surface area (Å²) in [4.78, 5) is 0. The van der Waals surface area contributed by atoms with Gasteiger partial charge in [-0.05, 0) is 37.0 Å². The van der Waals surface area contributed by atoms with Gasteiger partial charge in [-0.15, -0.1) is 0 Å². The quantitative estimate of drug-likeness (QED) is 0.452. The van der Waals surface area contributed by atoms with E-state index in [-0.39, 0.29) is 0 Å². The Morgan fingerprint density at radius 3 is 1.67 bits per heavy atom. The van der Waals surface area contributed by atoms with Gasteiger partial charge in [0, 0.05) is 0 Å². The molecule has 92 valence electrons. The molecule has 15 heavy (non-hydrogen) atoms. The van der Waals surface area contributed by atoms with Crippen molar-refractivity contribution in [1.82, 2.24) is 0 Å². The molecule has 0 aromatic heterocycles. The third kappa shape index (κ3) is 6.22. The summed E-state index contributed by atoms with van der Waals surface area (Å²) in [5.74, 6) is 0.861. The van der Waals surface area contributed by atoms with Gasteiger partial charge in [0.2, 0.25) is 0 Å². The molecule has 0 rings (SSSR count). The summed E-state index contributed by atoms with van der Waals surface area (Å²) in [7, 11) is 0. The van der Waals surface area contributed by atoms with E-state index in [0.717, 1.165) is 5.92 Å². The van der Waals surface area contributed by atoms with Crippen LogP contribution in [0.2, 0.25) is 0 Å². The van der Waals surface area contributed by atoms with Crippen molar-refractivity contribution in [2.24, 2.45) is 11.3 Å². The van der Waals surface area contributed by atoms with Gasteiger partial charge in [-0.3, -0.25) is 0 Å². The zero-order valence-electron chi connectivity index (χ0n) is 11.7. The fraction of sp³-hybridized carbons (Fsp3) is 1.00. The highest BCUT2D eigenvalue weighted by molar-refractivity contribution is 4.79. The molecular formula is C15H32. The smallest absolute Gasteiger partial charge is 0.0295 e. The molecule has 0 aromatic carbocycles. The van der Waals surface area contributed by atoms with Crippen LogP contribution in [0.1, 0.15) is 86.0 Å². The highest BCUT2D eigenvalue weighted by Crippen LogP contribution is 2.41. The van der Waals surface area contributed by atoms with Crippen LogP contribution in [-0.4, -0.2) is 0 Å². The van der Waals surface area contributed by atoms with Crippen LogP contribution >= 0.6 is 0 Å². The second-order valence-corrected chi connectivity index (χ2v) is 5.70. The maximum Gasteiger partial charge on any atom is -0.0295 e. The fourth-order valence-corrected chi connectivity index (χ4v) is 3.16. The van der Waals surface area contributed by atoms with Crippen LogP contribution in [-0.2, 0) is 0 Å². The molecule has 0 saturated carbocycles. The standard InChI is InChI=1S/C15H32/c1-6-9-12-15(10-7-2,11-8-3)13-14(4)5/h14H,6-13H2,1-5H3. The van der Waals surface area contributed by atoms with Crippen molar-refractivity contribution in [3.8, 4) is 0 Å². The summed E-state index contributed by atoms with van der Waals surface area (Å²) < 4.78 is 0. The van der Waals surface area contributed by atoms with Crippen LogP contribution in [0.4, 0.5) is 0 Å². The molecule has 0 aliphatic heterocycles. The van der Waals surface area contributed by atoms with E-state index in [4.69, 9.17) is 0 Å². The Bertz CT molecular complexity index is 129. The van der Waals surface area contributed by atoms with Crippen LogP contribution < -0.4 is 0 Å². The van der Waals surface area contributed by atoms with Gasteiger partial charge in [0.25, 0.3) is 0 Å². The average Bonchev–Trinajstić information content (AvgIpc) is 2.14. The van der Waals surface area contributed by atoms with E-state index in [1.165, 1.54) is 51.4 Å². The first kappa shape index (κ1) is 15.0. The maximum absolute atomic E-state index is 2.38. The fourth-order valence-electron chi connectivity index (χ4n) is 3.16. The zero-order chi connectivity index (χ0) is 11.7. The van der Waals surface area contributed by atoms with E-state index < -0.39 is 0 Å². The summed E-state index contributed by atoms with van der Waals surface area (Å²) in [5.41, 5.74) is 0.674. The number of unbranched alkanes of at least 4 members (excludes halogenated alkanes) is 1. The first-order chi connectivity index (χ1) is 7.10. The van der Waals surface area contributed by atoms with Crippen molar-refractivity contribution in [3.63, 3.8) is 0 Å². The summed E-state index contributed by atoms with van der Waals surface area (Å²) >= 11 is 0. The first-order valence-electron chi connectivity index (χ1n) is 7.10. The van der Waals surface area contributed by atoms with E-state index in [9.17, 15) is 0 Å². The normalized spacial score (nSPS) is 12.4. The van der Waals surface area contributed by atoms with Crippen LogP contribution in [0.15, 0.2) is 0 Å². The minimum atomic E-state index is 0.674. The van der Waals surface area contributed by atoms with E-state index >= 15 is 0 Å². The molecule has 0 aliphatic rings. The summed E-state index contributed by atoms with van der Waals surface area (Å²) in [6, 6.07) is 0. The summed E-state index contributed by atoms with van der Waals surface area (Å²) in [6.07, 6.45) is 11.3. The minimum absolute atomic E-state index is 0.674. The van der Waals surface area contributed by atoms with Gasteiger partial charge in [-0.1, -0.05) is 60.3 Å². The molecule has 0 N–H and O–H groups in total. The number of hydrogen-bond acceptors (Lipinski definition) is 0. The van der Waals surface area contributed by atoms with Crippen LogP contribution in [0.5, 0.6) is 0 Å². The molecule has 0 aromatic rings. The van der Waals surface area contributed by atoms with Crippen molar-refractivity contribution in [2.45, 2.75) is 86.0 Å². The second kappa shape index (κ2) is 8.19. The molecule has 0 radical (unpaired) electrons. The summed E-state index contributed by atoms with van der Waals surface area (Å²) in [5, 5.41) is 0. The molecule has 0 heterocycles. The van der Waals surface area contributed by atoms with E-state index in [0.29, 0.717) is 5.41 Å². The molecule has 0 bridgehead atoms. The van der Waals surface area contributed by atoms with Crippen molar-refractivity contribution < 1.29 is 0 Å².